The molecule has 1 amide bonds. The van der Waals surface area contributed by atoms with Gasteiger partial charge in [0.25, 0.3) is 0 Å². The van der Waals surface area contributed by atoms with Crippen molar-refractivity contribution in [2.75, 3.05) is 11.4 Å². The largest absolute Gasteiger partial charge is 0.480 e. The van der Waals surface area contributed by atoms with Crippen LogP contribution in [0.3, 0.4) is 0 Å². The number of nitrogens with zero attached hydrogens (tertiary/aromatic N) is 1. The Balaban J connectivity index is 1.77. The highest BCUT2D eigenvalue weighted by Crippen LogP contribution is 2.27. The summed E-state index contributed by atoms with van der Waals surface area (Å²) in [4.78, 5) is 37.4. The molecular formula is C22H24N2O5. The number of carbonyl (C=O) groups excluding carboxylic acids is 1. The monoisotopic (exact) mass is 396 g/mol. The molecule has 29 heavy (non-hydrogen) atoms. The summed E-state index contributed by atoms with van der Waals surface area (Å²) < 4.78 is 0. The van der Waals surface area contributed by atoms with Crippen LogP contribution in [0.15, 0.2) is 54.6 Å². The lowest BCUT2D eigenvalue weighted by Gasteiger charge is -2.26. The molecule has 3 N–H and O–H groups in total. The molecule has 0 spiro atoms. The van der Waals surface area contributed by atoms with E-state index >= 15 is 0 Å². The number of carbonyl (C=O) groups is 3. The summed E-state index contributed by atoms with van der Waals surface area (Å²) in [6.45, 7) is -0.463. The van der Waals surface area contributed by atoms with Crippen LogP contribution in [0.4, 0.5) is 5.69 Å². The molecule has 7 nitrogen and oxygen atoms in total. The molecule has 7 heteroatoms. The van der Waals surface area contributed by atoms with Gasteiger partial charge in [-0.05, 0) is 42.9 Å². The Hall–Kier alpha value is -3.19. The van der Waals surface area contributed by atoms with Crippen LogP contribution in [-0.2, 0) is 27.2 Å². The van der Waals surface area contributed by atoms with E-state index in [1.54, 1.807) is 12.1 Å². The second-order valence-corrected chi connectivity index (χ2v) is 7.12. The van der Waals surface area contributed by atoms with Crippen molar-refractivity contribution in [1.29, 1.82) is 0 Å². The minimum absolute atomic E-state index is 0.328. The SMILES string of the molecule is O=C(O)CN1C(=O)C(N[C@@H](CCc2ccccc2)C(=O)O)CCc2ccccc21. The van der Waals surface area contributed by atoms with Crippen molar-refractivity contribution >= 4 is 23.5 Å². The third kappa shape index (κ3) is 5.20. The highest BCUT2D eigenvalue weighted by Gasteiger charge is 2.34. The highest BCUT2D eigenvalue weighted by atomic mass is 16.4. The van der Waals surface area contributed by atoms with Gasteiger partial charge in [0.2, 0.25) is 5.91 Å². The van der Waals surface area contributed by atoms with E-state index in [2.05, 4.69) is 5.32 Å². The van der Waals surface area contributed by atoms with Gasteiger partial charge in [0.15, 0.2) is 0 Å². The molecule has 1 aliphatic rings. The third-order valence-corrected chi connectivity index (χ3v) is 5.11. The summed E-state index contributed by atoms with van der Waals surface area (Å²) in [5, 5.41) is 21.9. The van der Waals surface area contributed by atoms with Gasteiger partial charge in [-0.25, -0.2) is 0 Å². The van der Waals surface area contributed by atoms with Crippen LogP contribution in [0.2, 0.25) is 0 Å². The Labute approximate surface area is 169 Å². The molecule has 0 aromatic heterocycles. The predicted molar refractivity (Wildman–Crippen MR) is 108 cm³/mol. The smallest absolute Gasteiger partial charge is 0.323 e. The van der Waals surface area contributed by atoms with Crippen LogP contribution in [0.5, 0.6) is 0 Å². The first-order chi connectivity index (χ1) is 14.0. The number of hydrogen-bond acceptors (Lipinski definition) is 4. The van der Waals surface area contributed by atoms with E-state index in [9.17, 15) is 24.6 Å². The van der Waals surface area contributed by atoms with E-state index in [4.69, 9.17) is 0 Å². The zero-order chi connectivity index (χ0) is 20.8. The Kier molecular flexibility index (Phi) is 6.61. The molecule has 0 saturated carbocycles. The maximum Gasteiger partial charge on any atom is 0.323 e. The van der Waals surface area contributed by atoms with Crippen molar-refractivity contribution in [2.24, 2.45) is 0 Å². The molecule has 152 valence electrons. The fourth-order valence-electron chi connectivity index (χ4n) is 3.65. The number of rotatable bonds is 8. The van der Waals surface area contributed by atoms with Crippen LogP contribution in [0.25, 0.3) is 0 Å². The number of aliphatic carboxylic acids is 2. The molecule has 1 aliphatic heterocycles. The van der Waals surface area contributed by atoms with E-state index in [0.29, 0.717) is 31.4 Å². The Morgan fingerprint density at radius 1 is 1.07 bits per heavy atom. The number of carboxylic acid groups (broad SMARTS) is 2. The second kappa shape index (κ2) is 9.34. The van der Waals surface area contributed by atoms with E-state index < -0.39 is 36.5 Å². The van der Waals surface area contributed by atoms with Crippen LogP contribution in [0.1, 0.15) is 24.0 Å². The van der Waals surface area contributed by atoms with E-state index in [0.717, 1.165) is 11.1 Å². The zero-order valence-electron chi connectivity index (χ0n) is 16.0. The second-order valence-electron chi connectivity index (χ2n) is 7.12. The van der Waals surface area contributed by atoms with Crippen LogP contribution in [0, 0.1) is 0 Å². The molecule has 0 bridgehead atoms. The summed E-state index contributed by atoms with van der Waals surface area (Å²) in [5.41, 5.74) is 2.47. The van der Waals surface area contributed by atoms with Gasteiger partial charge in [-0.2, -0.15) is 0 Å². The minimum atomic E-state index is -1.12. The average molecular weight is 396 g/mol. The van der Waals surface area contributed by atoms with Gasteiger partial charge in [0.1, 0.15) is 12.6 Å². The van der Waals surface area contributed by atoms with Crippen LogP contribution >= 0.6 is 0 Å². The van der Waals surface area contributed by atoms with Gasteiger partial charge < -0.3 is 10.2 Å². The number of fused-ring (bicyclic) bond motifs is 1. The lowest BCUT2D eigenvalue weighted by molar-refractivity contribution is -0.140. The Bertz CT molecular complexity index is 884. The summed E-state index contributed by atoms with van der Waals surface area (Å²) in [6, 6.07) is 15.1. The van der Waals surface area contributed by atoms with Crippen molar-refractivity contribution in [2.45, 2.75) is 37.8 Å². The van der Waals surface area contributed by atoms with Gasteiger partial charge in [0, 0.05) is 5.69 Å². The van der Waals surface area contributed by atoms with E-state index in [-0.39, 0.29) is 0 Å². The minimum Gasteiger partial charge on any atom is -0.480 e. The van der Waals surface area contributed by atoms with Crippen molar-refractivity contribution in [3.63, 3.8) is 0 Å². The first-order valence-electron chi connectivity index (χ1n) is 9.59. The molecule has 1 unspecified atom stereocenters. The molecule has 1 heterocycles. The molecule has 2 aromatic rings. The fourth-order valence-corrected chi connectivity index (χ4v) is 3.65. The first kappa shape index (κ1) is 20.5. The standard InChI is InChI=1S/C22H24N2O5/c25-20(26)14-24-19-9-5-4-8-16(19)11-13-17(21(24)27)23-18(22(28)29)12-10-15-6-2-1-3-7-15/h1-9,17-18,23H,10-14H2,(H,25,26)(H,28,29)/t17?,18-/m0/s1. The summed E-state index contributed by atoms with van der Waals surface area (Å²) in [7, 11) is 0. The summed E-state index contributed by atoms with van der Waals surface area (Å²) in [5.74, 6) is -2.56. The van der Waals surface area contributed by atoms with Gasteiger partial charge >= 0.3 is 11.9 Å². The molecule has 2 atom stereocenters. The van der Waals surface area contributed by atoms with E-state index in [1.807, 2.05) is 42.5 Å². The maximum absolute atomic E-state index is 13.1. The molecule has 3 rings (SSSR count). The van der Waals surface area contributed by atoms with Crippen LogP contribution in [-0.4, -0.2) is 46.7 Å². The lowest BCUT2D eigenvalue weighted by Crippen LogP contribution is -2.52. The molecular weight excluding hydrogens is 372 g/mol. The van der Waals surface area contributed by atoms with Crippen molar-refractivity contribution in [3.8, 4) is 0 Å². The third-order valence-electron chi connectivity index (χ3n) is 5.11. The van der Waals surface area contributed by atoms with Gasteiger partial charge in [0.05, 0.1) is 6.04 Å². The van der Waals surface area contributed by atoms with Crippen molar-refractivity contribution in [1.82, 2.24) is 5.32 Å². The molecule has 0 aliphatic carbocycles. The number of aryl methyl sites for hydroxylation is 2. The van der Waals surface area contributed by atoms with Gasteiger partial charge in [-0.3, -0.25) is 24.6 Å². The van der Waals surface area contributed by atoms with Crippen LogP contribution < -0.4 is 10.2 Å². The number of amides is 1. The molecule has 0 radical (unpaired) electrons. The first-order valence-corrected chi connectivity index (χ1v) is 9.59. The topological polar surface area (TPSA) is 107 Å². The Morgan fingerprint density at radius 3 is 2.45 bits per heavy atom. The summed E-state index contributed by atoms with van der Waals surface area (Å²) in [6.07, 6.45) is 1.85. The number of hydrogen-bond donors (Lipinski definition) is 3. The highest BCUT2D eigenvalue weighted by molar-refractivity contribution is 6.02. The number of carboxylic acids is 2. The number of nitrogens with one attached hydrogen (secondary N) is 1. The molecule has 0 fully saturated rings. The van der Waals surface area contributed by atoms with Gasteiger partial charge in [-0.1, -0.05) is 48.5 Å². The van der Waals surface area contributed by atoms with Crippen molar-refractivity contribution < 1.29 is 24.6 Å². The summed E-state index contributed by atoms with van der Waals surface area (Å²) >= 11 is 0. The Morgan fingerprint density at radius 2 is 1.76 bits per heavy atom. The predicted octanol–water partition coefficient (Wildman–Crippen LogP) is 2.09. The zero-order valence-corrected chi connectivity index (χ0v) is 16.0. The number of para-hydroxylation sites is 1. The lowest BCUT2D eigenvalue weighted by atomic mass is 10.0. The van der Waals surface area contributed by atoms with Gasteiger partial charge in [-0.15, -0.1) is 0 Å². The normalized spacial score (nSPS) is 17.3. The molecule has 2 aromatic carbocycles. The molecule has 0 saturated heterocycles. The van der Waals surface area contributed by atoms with E-state index in [1.165, 1.54) is 4.90 Å². The average Bonchev–Trinajstić information content (AvgIpc) is 2.83. The van der Waals surface area contributed by atoms with Crippen molar-refractivity contribution in [3.05, 3.63) is 65.7 Å². The quantitative estimate of drug-likeness (QED) is 0.631. The number of benzene rings is 2. The fraction of sp³-hybridized carbons (Fsp3) is 0.318. The maximum atomic E-state index is 13.1. The number of anilines is 1.